The first-order valence-corrected chi connectivity index (χ1v) is 6.55. The molecule has 1 fully saturated rings. The van der Waals surface area contributed by atoms with Crippen molar-refractivity contribution < 1.29 is 14.5 Å². The monoisotopic (exact) mass is 339 g/mol. The summed E-state index contributed by atoms with van der Waals surface area (Å²) in [6.07, 6.45) is 0. The lowest BCUT2D eigenvalue weighted by Crippen LogP contribution is -2.48. The summed E-state index contributed by atoms with van der Waals surface area (Å²) in [7, 11) is 0. The highest BCUT2D eigenvalue weighted by molar-refractivity contribution is 9.10. The molecule has 20 heavy (non-hydrogen) atoms. The number of hydrogen-bond acceptors (Lipinski definition) is 5. The normalized spacial score (nSPS) is 18.4. The number of nitriles is 1. The molecule has 1 aromatic rings. The zero-order valence-corrected chi connectivity index (χ0v) is 11.9. The molecule has 0 aliphatic carbocycles. The molecule has 0 saturated carbocycles. The minimum atomic E-state index is -0.672. The molecule has 1 saturated heterocycles. The molecule has 1 heterocycles. The SMILES string of the molecule is N#CC1COCCN1C(=O)c1cc(Br)cc([N+](=O)[O-])c1. The highest BCUT2D eigenvalue weighted by Gasteiger charge is 2.28. The number of non-ortho nitro benzene ring substituents is 1. The Morgan fingerprint density at radius 3 is 2.95 bits per heavy atom. The number of halogens is 1. The maximum absolute atomic E-state index is 12.4. The van der Waals surface area contributed by atoms with Crippen LogP contribution in [0, 0.1) is 21.4 Å². The number of nitrogens with zero attached hydrogens (tertiary/aromatic N) is 3. The third kappa shape index (κ3) is 2.95. The van der Waals surface area contributed by atoms with Crippen molar-refractivity contribution in [3.05, 3.63) is 38.3 Å². The van der Waals surface area contributed by atoms with Crippen molar-refractivity contribution in [3.8, 4) is 6.07 Å². The third-order valence-corrected chi connectivity index (χ3v) is 3.34. The van der Waals surface area contributed by atoms with Gasteiger partial charge in [0.2, 0.25) is 0 Å². The number of carbonyl (C=O) groups excluding carboxylic acids is 1. The van der Waals surface area contributed by atoms with E-state index in [4.69, 9.17) is 10.00 Å². The van der Waals surface area contributed by atoms with Gasteiger partial charge in [-0.1, -0.05) is 15.9 Å². The van der Waals surface area contributed by atoms with E-state index in [1.807, 2.05) is 6.07 Å². The molecule has 0 bridgehead atoms. The van der Waals surface area contributed by atoms with E-state index < -0.39 is 16.9 Å². The van der Waals surface area contributed by atoms with Crippen LogP contribution in [-0.2, 0) is 4.74 Å². The number of hydrogen-bond donors (Lipinski definition) is 0. The first kappa shape index (κ1) is 14.4. The molecule has 1 atom stereocenters. The van der Waals surface area contributed by atoms with Gasteiger partial charge in [-0.2, -0.15) is 5.26 Å². The second-order valence-electron chi connectivity index (χ2n) is 4.17. The molecule has 0 aromatic heterocycles. The van der Waals surface area contributed by atoms with Crippen LogP contribution in [0.25, 0.3) is 0 Å². The third-order valence-electron chi connectivity index (χ3n) is 2.88. The van der Waals surface area contributed by atoms with Gasteiger partial charge in [-0.15, -0.1) is 0 Å². The molecule has 0 spiro atoms. The molecule has 104 valence electrons. The van der Waals surface area contributed by atoms with E-state index in [0.717, 1.165) is 0 Å². The lowest BCUT2D eigenvalue weighted by atomic mass is 10.1. The fraction of sp³-hybridized carbons (Fsp3) is 0.333. The zero-order valence-electron chi connectivity index (χ0n) is 10.3. The Hall–Kier alpha value is -1.98. The molecule has 1 amide bonds. The molecule has 1 aliphatic rings. The largest absolute Gasteiger partial charge is 0.376 e. The van der Waals surface area contributed by atoms with Gasteiger partial charge < -0.3 is 9.64 Å². The number of benzene rings is 1. The van der Waals surface area contributed by atoms with Crippen LogP contribution in [0.15, 0.2) is 22.7 Å². The van der Waals surface area contributed by atoms with E-state index in [1.165, 1.54) is 23.1 Å². The number of ether oxygens (including phenoxy) is 1. The van der Waals surface area contributed by atoms with Crippen LogP contribution < -0.4 is 0 Å². The second-order valence-corrected chi connectivity index (χ2v) is 5.09. The Balaban J connectivity index is 2.33. The topological polar surface area (TPSA) is 96.5 Å². The highest BCUT2D eigenvalue weighted by atomic mass is 79.9. The first-order valence-electron chi connectivity index (χ1n) is 5.76. The van der Waals surface area contributed by atoms with Gasteiger partial charge in [0.1, 0.15) is 6.04 Å². The van der Waals surface area contributed by atoms with E-state index in [-0.39, 0.29) is 24.4 Å². The highest BCUT2D eigenvalue weighted by Crippen LogP contribution is 2.23. The van der Waals surface area contributed by atoms with Gasteiger partial charge in [-0.05, 0) is 6.07 Å². The lowest BCUT2D eigenvalue weighted by molar-refractivity contribution is -0.385. The van der Waals surface area contributed by atoms with E-state index in [2.05, 4.69) is 15.9 Å². The Morgan fingerprint density at radius 1 is 1.55 bits per heavy atom. The Labute approximate surface area is 123 Å². The number of nitro groups is 1. The van der Waals surface area contributed by atoms with Gasteiger partial charge in [-0.3, -0.25) is 14.9 Å². The molecule has 1 aromatic carbocycles. The Morgan fingerprint density at radius 2 is 2.30 bits per heavy atom. The summed E-state index contributed by atoms with van der Waals surface area (Å²) in [4.78, 5) is 24.0. The van der Waals surface area contributed by atoms with E-state index in [1.54, 1.807) is 0 Å². The average Bonchev–Trinajstić information content (AvgIpc) is 2.45. The molecule has 1 aliphatic heterocycles. The standard InChI is InChI=1S/C12H10BrN3O4/c13-9-3-8(4-10(5-9)16(18)19)12(17)15-1-2-20-7-11(15)6-14/h3-5,11H,1-2,7H2. The van der Waals surface area contributed by atoms with Crippen LogP contribution in [0.1, 0.15) is 10.4 Å². The minimum absolute atomic E-state index is 0.151. The molecule has 8 heteroatoms. The zero-order chi connectivity index (χ0) is 14.7. The number of morpholine rings is 1. The van der Waals surface area contributed by atoms with Gasteiger partial charge in [0.25, 0.3) is 11.6 Å². The minimum Gasteiger partial charge on any atom is -0.376 e. The summed E-state index contributed by atoms with van der Waals surface area (Å²) < 4.78 is 5.58. The summed E-state index contributed by atoms with van der Waals surface area (Å²) in [6, 6.07) is 5.34. The molecule has 1 unspecified atom stereocenters. The van der Waals surface area contributed by atoms with Crippen molar-refractivity contribution in [2.24, 2.45) is 0 Å². The number of rotatable bonds is 2. The van der Waals surface area contributed by atoms with Crippen molar-refractivity contribution in [2.45, 2.75) is 6.04 Å². The van der Waals surface area contributed by atoms with Crippen LogP contribution in [0.2, 0.25) is 0 Å². The van der Waals surface area contributed by atoms with Crippen molar-refractivity contribution in [2.75, 3.05) is 19.8 Å². The van der Waals surface area contributed by atoms with E-state index >= 15 is 0 Å². The summed E-state index contributed by atoms with van der Waals surface area (Å²) >= 11 is 3.14. The molecule has 2 rings (SSSR count). The number of nitro benzene ring substituents is 1. The summed E-state index contributed by atoms with van der Waals surface area (Å²) in [6.45, 7) is 0.787. The van der Waals surface area contributed by atoms with Crippen molar-refractivity contribution in [1.82, 2.24) is 4.90 Å². The van der Waals surface area contributed by atoms with Crippen molar-refractivity contribution in [1.29, 1.82) is 5.26 Å². The van der Waals surface area contributed by atoms with Crippen LogP contribution in [0.5, 0.6) is 0 Å². The summed E-state index contributed by atoms with van der Waals surface area (Å²) in [5.41, 5.74) is -0.00211. The van der Waals surface area contributed by atoms with Crippen LogP contribution in [-0.4, -0.2) is 41.5 Å². The maximum atomic E-state index is 12.4. The molecular weight excluding hydrogens is 330 g/mol. The average molecular weight is 340 g/mol. The van der Waals surface area contributed by atoms with Gasteiger partial charge in [0, 0.05) is 28.7 Å². The Kier molecular flexibility index (Phi) is 4.32. The Bertz CT molecular complexity index is 599. The van der Waals surface area contributed by atoms with Gasteiger partial charge in [-0.25, -0.2) is 0 Å². The van der Waals surface area contributed by atoms with Gasteiger partial charge in [0.05, 0.1) is 24.2 Å². The van der Waals surface area contributed by atoms with Crippen molar-refractivity contribution in [3.63, 3.8) is 0 Å². The summed E-state index contributed by atoms with van der Waals surface area (Å²) in [5, 5.41) is 19.8. The molecule has 0 N–H and O–H groups in total. The summed E-state index contributed by atoms with van der Waals surface area (Å²) in [5.74, 6) is -0.413. The predicted molar refractivity (Wildman–Crippen MR) is 72.1 cm³/mol. The lowest BCUT2D eigenvalue weighted by Gasteiger charge is -2.31. The molecule has 7 nitrogen and oxygen atoms in total. The fourth-order valence-electron chi connectivity index (χ4n) is 1.92. The number of amides is 1. The second kappa shape index (κ2) is 5.98. The predicted octanol–water partition coefficient (Wildman–Crippen LogP) is 1.72. The van der Waals surface area contributed by atoms with Crippen LogP contribution in [0.3, 0.4) is 0 Å². The quantitative estimate of drug-likeness (QED) is 0.603. The van der Waals surface area contributed by atoms with Crippen LogP contribution >= 0.6 is 15.9 Å². The number of carbonyl (C=O) groups is 1. The van der Waals surface area contributed by atoms with E-state index in [0.29, 0.717) is 11.1 Å². The maximum Gasteiger partial charge on any atom is 0.271 e. The first-order chi connectivity index (χ1) is 9.52. The van der Waals surface area contributed by atoms with Gasteiger partial charge in [0.15, 0.2) is 0 Å². The van der Waals surface area contributed by atoms with Crippen LogP contribution in [0.4, 0.5) is 5.69 Å². The molecular formula is C12H10BrN3O4. The molecule has 0 radical (unpaired) electrons. The van der Waals surface area contributed by atoms with Gasteiger partial charge >= 0.3 is 0 Å². The smallest absolute Gasteiger partial charge is 0.271 e. The van der Waals surface area contributed by atoms with E-state index in [9.17, 15) is 14.9 Å². The fourth-order valence-corrected chi connectivity index (χ4v) is 2.40. The van der Waals surface area contributed by atoms with Crippen molar-refractivity contribution >= 4 is 27.5 Å².